The topological polar surface area (TPSA) is 29.1 Å². The molecule has 3 heteroatoms. The molecule has 2 fully saturated rings. The number of anilines is 1. The summed E-state index contributed by atoms with van der Waals surface area (Å²) in [5.74, 6) is 1.70. The molecular weight excluding hydrogens is 229 g/mol. The molecule has 0 unspecified atom stereocenters. The van der Waals surface area contributed by atoms with Crippen molar-refractivity contribution in [1.29, 1.82) is 0 Å². The lowest BCUT2D eigenvalue weighted by atomic mass is 9.86. The summed E-state index contributed by atoms with van der Waals surface area (Å²) in [5.41, 5.74) is 0.297. The first-order valence-corrected chi connectivity index (χ1v) is 6.77. The molecule has 3 rings (SSSR count). The van der Waals surface area contributed by atoms with Gasteiger partial charge in [-0.05, 0) is 49.1 Å². The number of hydrogen-bond donors (Lipinski definition) is 1. The van der Waals surface area contributed by atoms with Crippen molar-refractivity contribution in [3.8, 4) is 0 Å². The van der Waals surface area contributed by atoms with Crippen molar-refractivity contribution < 1.29 is 9.18 Å². The average Bonchev–Trinajstić information content (AvgIpc) is 2.94. The van der Waals surface area contributed by atoms with Crippen LogP contribution in [0.15, 0.2) is 24.3 Å². The van der Waals surface area contributed by atoms with E-state index >= 15 is 0 Å². The van der Waals surface area contributed by atoms with Crippen molar-refractivity contribution in [3.05, 3.63) is 30.1 Å². The average molecular weight is 247 g/mol. The summed E-state index contributed by atoms with van der Waals surface area (Å²) < 4.78 is 13.4. The first-order valence-electron chi connectivity index (χ1n) is 6.77. The summed E-state index contributed by atoms with van der Waals surface area (Å²) in [6.45, 7) is 0. The molecule has 1 aromatic carbocycles. The lowest BCUT2D eigenvalue weighted by molar-refractivity contribution is -0.117. The van der Waals surface area contributed by atoms with Crippen LogP contribution in [0.5, 0.6) is 0 Å². The summed E-state index contributed by atoms with van der Waals surface area (Å²) in [6.07, 6.45) is 5.67. The summed E-state index contributed by atoms with van der Waals surface area (Å²) in [5, 5.41) is 2.68. The third kappa shape index (κ3) is 2.26. The van der Waals surface area contributed by atoms with Crippen molar-refractivity contribution in [3.63, 3.8) is 0 Å². The maximum Gasteiger partial charge on any atom is 0.224 e. The van der Waals surface area contributed by atoms with E-state index in [0.717, 1.165) is 11.8 Å². The number of amides is 1. The highest BCUT2D eigenvalue weighted by atomic mass is 19.1. The predicted molar refractivity (Wildman–Crippen MR) is 68.6 cm³/mol. The van der Waals surface area contributed by atoms with Crippen molar-refractivity contribution in [2.24, 2.45) is 17.8 Å². The van der Waals surface area contributed by atoms with Crippen LogP contribution in [0.25, 0.3) is 0 Å². The van der Waals surface area contributed by atoms with E-state index in [2.05, 4.69) is 5.32 Å². The van der Waals surface area contributed by atoms with Gasteiger partial charge in [-0.1, -0.05) is 18.6 Å². The first-order chi connectivity index (χ1) is 8.72. The van der Waals surface area contributed by atoms with E-state index in [9.17, 15) is 9.18 Å². The zero-order valence-electron chi connectivity index (χ0n) is 10.4. The van der Waals surface area contributed by atoms with E-state index in [0.29, 0.717) is 18.0 Å². The van der Waals surface area contributed by atoms with E-state index in [4.69, 9.17) is 0 Å². The summed E-state index contributed by atoms with van der Waals surface area (Å²) in [4.78, 5) is 11.9. The number of carbonyl (C=O) groups excluding carboxylic acids is 1. The molecule has 0 saturated heterocycles. The summed E-state index contributed by atoms with van der Waals surface area (Å²) >= 11 is 0. The minimum atomic E-state index is -0.362. The van der Waals surface area contributed by atoms with Crippen LogP contribution in [0, 0.1) is 23.6 Å². The maximum absolute atomic E-state index is 13.4. The Hall–Kier alpha value is -1.38. The van der Waals surface area contributed by atoms with Crippen molar-refractivity contribution in [1.82, 2.24) is 0 Å². The van der Waals surface area contributed by atoms with Crippen molar-refractivity contribution in [2.75, 3.05) is 5.32 Å². The fraction of sp³-hybridized carbons (Fsp3) is 0.533. The van der Waals surface area contributed by atoms with Gasteiger partial charge in [-0.25, -0.2) is 4.39 Å². The van der Waals surface area contributed by atoms with Gasteiger partial charge in [0.1, 0.15) is 5.82 Å². The zero-order valence-corrected chi connectivity index (χ0v) is 10.4. The molecule has 0 aromatic heterocycles. The minimum Gasteiger partial charge on any atom is -0.324 e. The molecule has 2 aliphatic carbocycles. The Labute approximate surface area is 107 Å². The molecule has 96 valence electrons. The Morgan fingerprint density at radius 3 is 2.78 bits per heavy atom. The Morgan fingerprint density at radius 2 is 2.11 bits per heavy atom. The molecule has 2 saturated carbocycles. The summed E-state index contributed by atoms with van der Waals surface area (Å²) in [6, 6.07) is 6.33. The fourth-order valence-electron chi connectivity index (χ4n) is 3.63. The van der Waals surface area contributed by atoms with Crippen LogP contribution in [0.2, 0.25) is 0 Å². The molecule has 3 atom stereocenters. The van der Waals surface area contributed by atoms with Gasteiger partial charge < -0.3 is 5.32 Å². The predicted octanol–water partition coefficient (Wildman–Crippen LogP) is 3.59. The molecule has 0 radical (unpaired) electrons. The monoisotopic (exact) mass is 247 g/mol. The largest absolute Gasteiger partial charge is 0.324 e. The quantitative estimate of drug-likeness (QED) is 0.869. The molecule has 1 N–H and O–H groups in total. The van der Waals surface area contributed by atoms with Crippen LogP contribution in [0.1, 0.15) is 32.1 Å². The second kappa shape index (κ2) is 4.71. The fourth-order valence-corrected chi connectivity index (χ4v) is 3.63. The van der Waals surface area contributed by atoms with Crippen LogP contribution in [0.4, 0.5) is 10.1 Å². The number of nitrogens with one attached hydrogen (secondary N) is 1. The van der Waals surface area contributed by atoms with Gasteiger partial charge in [0.05, 0.1) is 5.69 Å². The van der Waals surface area contributed by atoms with E-state index in [-0.39, 0.29) is 11.7 Å². The van der Waals surface area contributed by atoms with Gasteiger partial charge in [-0.3, -0.25) is 4.79 Å². The van der Waals surface area contributed by atoms with Crippen LogP contribution < -0.4 is 5.32 Å². The number of rotatable bonds is 3. The number of fused-ring (bicyclic) bond motifs is 2. The van der Waals surface area contributed by atoms with Gasteiger partial charge in [0.15, 0.2) is 0 Å². The summed E-state index contributed by atoms with van der Waals surface area (Å²) in [7, 11) is 0. The van der Waals surface area contributed by atoms with Gasteiger partial charge in [0.25, 0.3) is 0 Å². The lowest BCUT2D eigenvalue weighted by Gasteiger charge is -2.20. The molecule has 1 aromatic rings. The number of hydrogen-bond acceptors (Lipinski definition) is 1. The highest BCUT2D eigenvalue weighted by Gasteiger charge is 2.40. The van der Waals surface area contributed by atoms with Gasteiger partial charge >= 0.3 is 0 Å². The highest BCUT2D eigenvalue weighted by molar-refractivity contribution is 5.91. The second-order valence-corrected chi connectivity index (χ2v) is 5.67. The van der Waals surface area contributed by atoms with Gasteiger partial charge in [-0.15, -0.1) is 0 Å². The Morgan fingerprint density at radius 1 is 1.28 bits per heavy atom. The van der Waals surface area contributed by atoms with E-state index in [1.54, 1.807) is 18.2 Å². The molecule has 18 heavy (non-hydrogen) atoms. The van der Waals surface area contributed by atoms with Crippen molar-refractivity contribution >= 4 is 11.6 Å². The molecule has 1 amide bonds. The normalized spacial score (nSPS) is 29.5. The van der Waals surface area contributed by atoms with Crippen molar-refractivity contribution in [2.45, 2.75) is 32.1 Å². The molecule has 2 nitrogen and oxygen atoms in total. The van der Waals surface area contributed by atoms with Crippen LogP contribution in [0.3, 0.4) is 0 Å². The number of para-hydroxylation sites is 1. The Balaban J connectivity index is 1.58. The number of halogens is 1. The van der Waals surface area contributed by atoms with Crippen LogP contribution >= 0.6 is 0 Å². The zero-order chi connectivity index (χ0) is 12.5. The SMILES string of the molecule is O=C(C[C@H]1C[C@H]2CC[C@@H]1C2)Nc1ccccc1F. The van der Waals surface area contributed by atoms with Gasteiger partial charge in [0.2, 0.25) is 5.91 Å². The van der Waals surface area contributed by atoms with Crippen LogP contribution in [-0.4, -0.2) is 5.91 Å². The minimum absolute atomic E-state index is 0.0438. The third-order valence-corrected chi connectivity index (χ3v) is 4.48. The number of benzene rings is 1. The molecule has 2 bridgehead atoms. The molecule has 0 spiro atoms. The lowest BCUT2D eigenvalue weighted by Crippen LogP contribution is -2.20. The first kappa shape index (κ1) is 11.7. The number of carbonyl (C=O) groups is 1. The third-order valence-electron chi connectivity index (χ3n) is 4.48. The van der Waals surface area contributed by atoms with Gasteiger partial charge in [-0.2, -0.15) is 0 Å². The van der Waals surface area contributed by atoms with E-state index < -0.39 is 0 Å². The standard InChI is InChI=1S/C15H18FNO/c16-13-3-1-2-4-14(13)17-15(18)9-12-8-10-5-6-11(12)7-10/h1-4,10-12H,5-9H2,(H,17,18)/t10-,11+,12+/m0/s1. The Bertz CT molecular complexity index is 460. The highest BCUT2D eigenvalue weighted by Crippen LogP contribution is 2.49. The smallest absolute Gasteiger partial charge is 0.224 e. The maximum atomic E-state index is 13.4. The Kier molecular flexibility index (Phi) is 3.06. The molecule has 0 aliphatic heterocycles. The second-order valence-electron chi connectivity index (χ2n) is 5.67. The van der Waals surface area contributed by atoms with E-state index in [1.165, 1.54) is 31.7 Å². The molecular formula is C15H18FNO. The molecule has 2 aliphatic rings. The van der Waals surface area contributed by atoms with Gasteiger partial charge in [0, 0.05) is 6.42 Å². The van der Waals surface area contributed by atoms with E-state index in [1.807, 2.05) is 0 Å². The van der Waals surface area contributed by atoms with Crippen LogP contribution in [-0.2, 0) is 4.79 Å². The molecule has 0 heterocycles.